The van der Waals surface area contributed by atoms with Crippen LogP contribution in [0.5, 0.6) is 5.75 Å². The molecule has 0 saturated carbocycles. The molecule has 0 aliphatic carbocycles. The standard InChI is InChI=1S/C17H16F2N4O3S/c1-10-13(7-8-25-10)15-21-22-17(23(15)2)27-9-14(24)20-11-3-5-12(6-4-11)26-16(18)19/h3-8,16H,9H2,1-2H3,(H,20,24). The van der Waals surface area contributed by atoms with Crippen LogP contribution in [0.3, 0.4) is 0 Å². The van der Waals surface area contributed by atoms with Crippen molar-refractivity contribution in [1.82, 2.24) is 14.8 Å². The Morgan fingerprint density at radius 1 is 1.30 bits per heavy atom. The van der Waals surface area contributed by atoms with E-state index < -0.39 is 6.61 Å². The van der Waals surface area contributed by atoms with Crippen molar-refractivity contribution in [3.63, 3.8) is 0 Å². The second-order valence-electron chi connectivity index (χ2n) is 5.50. The number of thioether (sulfide) groups is 1. The zero-order valence-corrected chi connectivity index (χ0v) is 15.3. The molecule has 0 radical (unpaired) electrons. The first-order valence-corrected chi connectivity index (χ1v) is 8.84. The third kappa shape index (κ3) is 4.64. The molecular formula is C17H16F2N4O3S. The van der Waals surface area contributed by atoms with E-state index in [4.69, 9.17) is 4.42 Å². The predicted molar refractivity (Wildman–Crippen MR) is 95.9 cm³/mol. The topological polar surface area (TPSA) is 82.2 Å². The number of amides is 1. The maximum Gasteiger partial charge on any atom is 0.387 e. The van der Waals surface area contributed by atoms with Crippen molar-refractivity contribution < 1.29 is 22.7 Å². The number of hydrogen-bond donors (Lipinski definition) is 1. The molecule has 0 aliphatic heterocycles. The third-order valence-corrected chi connectivity index (χ3v) is 4.65. The Morgan fingerprint density at radius 3 is 2.67 bits per heavy atom. The molecule has 0 unspecified atom stereocenters. The third-order valence-electron chi connectivity index (χ3n) is 3.63. The minimum atomic E-state index is -2.89. The minimum absolute atomic E-state index is 0.0264. The van der Waals surface area contributed by atoms with Gasteiger partial charge < -0.3 is 19.0 Å². The highest BCUT2D eigenvalue weighted by atomic mass is 32.2. The van der Waals surface area contributed by atoms with Gasteiger partial charge >= 0.3 is 6.61 Å². The molecule has 0 spiro atoms. The van der Waals surface area contributed by atoms with Crippen LogP contribution in [0.25, 0.3) is 11.4 Å². The van der Waals surface area contributed by atoms with E-state index in [0.29, 0.717) is 16.7 Å². The Morgan fingerprint density at radius 2 is 2.04 bits per heavy atom. The maximum atomic E-state index is 12.1. The van der Waals surface area contributed by atoms with E-state index in [2.05, 4.69) is 20.3 Å². The fourth-order valence-electron chi connectivity index (χ4n) is 2.34. The summed E-state index contributed by atoms with van der Waals surface area (Å²) >= 11 is 1.23. The second kappa shape index (κ2) is 8.21. The first-order valence-electron chi connectivity index (χ1n) is 7.85. The molecule has 27 heavy (non-hydrogen) atoms. The summed E-state index contributed by atoms with van der Waals surface area (Å²) in [5.74, 6) is 1.27. The van der Waals surface area contributed by atoms with Gasteiger partial charge in [0.25, 0.3) is 0 Å². The van der Waals surface area contributed by atoms with Crippen LogP contribution in [0, 0.1) is 6.92 Å². The fraction of sp³-hybridized carbons (Fsp3) is 0.235. The Labute approximate surface area is 157 Å². The predicted octanol–water partition coefficient (Wildman–Crippen LogP) is 3.72. The van der Waals surface area contributed by atoms with Crippen molar-refractivity contribution in [3.8, 4) is 17.1 Å². The van der Waals surface area contributed by atoms with Gasteiger partial charge in [-0.25, -0.2) is 0 Å². The highest BCUT2D eigenvalue weighted by Crippen LogP contribution is 2.26. The second-order valence-corrected chi connectivity index (χ2v) is 6.44. The van der Waals surface area contributed by atoms with Crippen LogP contribution in [-0.4, -0.2) is 33.0 Å². The molecular weight excluding hydrogens is 378 g/mol. The molecule has 0 saturated heterocycles. The Balaban J connectivity index is 1.57. The number of carbonyl (C=O) groups is 1. The molecule has 1 amide bonds. The average molecular weight is 394 g/mol. The van der Waals surface area contributed by atoms with Gasteiger partial charge in [0.15, 0.2) is 11.0 Å². The van der Waals surface area contributed by atoms with Crippen LogP contribution in [0.1, 0.15) is 5.76 Å². The van der Waals surface area contributed by atoms with Gasteiger partial charge in [0.1, 0.15) is 11.5 Å². The zero-order chi connectivity index (χ0) is 19.4. The van der Waals surface area contributed by atoms with Crippen LogP contribution < -0.4 is 10.1 Å². The number of aromatic nitrogens is 3. The summed E-state index contributed by atoms with van der Waals surface area (Å²) in [5.41, 5.74) is 1.32. The average Bonchev–Trinajstić information content (AvgIpc) is 3.20. The highest BCUT2D eigenvalue weighted by molar-refractivity contribution is 7.99. The molecule has 0 fully saturated rings. The first kappa shape index (κ1) is 18.9. The summed E-state index contributed by atoms with van der Waals surface area (Å²) in [6.07, 6.45) is 1.58. The van der Waals surface area contributed by atoms with Crippen LogP contribution >= 0.6 is 11.8 Å². The Kier molecular flexibility index (Phi) is 5.75. The first-order chi connectivity index (χ1) is 12.9. The number of anilines is 1. The van der Waals surface area contributed by atoms with E-state index in [1.807, 2.05) is 20.0 Å². The monoisotopic (exact) mass is 394 g/mol. The highest BCUT2D eigenvalue weighted by Gasteiger charge is 2.16. The molecule has 1 N–H and O–H groups in total. The molecule has 0 aliphatic rings. The van der Waals surface area contributed by atoms with E-state index in [1.54, 1.807) is 10.8 Å². The van der Waals surface area contributed by atoms with Crippen molar-refractivity contribution in [2.24, 2.45) is 7.05 Å². The summed E-state index contributed by atoms with van der Waals surface area (Å²) in [5, 5.41) is 11.5. The van der Waals surface area contributed by atoms with Crippen LogP contribution in [-0.2, 0) is 11.8 Å². The van der Waals surface area contributed by atoms with Crippen molar-refractivity contribution >= 4 is 23.4 Å². The van der Waals surface area contributed by atoms with Crippen LogP contribution in [0.15, 0.2) is 46.2 Å². The van der Waals surface area contributed by atoms with Gasteiger partial charge in [-0.3, -0.25) is 4.79 Å². The fourth-order valence-corrected chi connectivity index (χ4v) is 3.05. The lowest BCUT2D eigenvalue weighted by molar-refractivity contribution is -0.113. The number of carbonyl (C=O) groups excluding carboxylic acids is 1. The van der Waals surface area contributed by atoms with E-state index in [0.717, 1.165) is 11.3 Å². The number of halogens is 2. The lowest BCUT2D eigenvalue weighted by Crippen LogP contribution is -2.14. The molecule has 1 aromatic carbocycles. The number of hydrogen-bond acceptors (Lipinski definition) is 6. The zero-order valence-electron chi connectivity index (χ0n) is 14.5. The molecule has 10 heteroatoms. The number of furan rings is 1. The summed E-state index contributed by atoms with van der Waals surface area (Å²) < 4.78 is 35.6. The summed E-state index contributed by atoms with van der Waals surface area (Å²) in [6, 6.07) is 7.50. The molecule has 2 aromatic heterocycles. The molecule has 0 atom stereocenters. The molecule has 0 bridgehead atoms. The summed E-state index contributed by atoms with van der Waals surface area (Å²) in [6.45, 7) is -1.05. The summed E-state index contributed by atoms with van der Waals surface area (Å²) in [4.78, 5) is 12.1. The molecule has 3 rings (SSSR count). The van der Waals surface area contributed by atoms with Crippen molar-refractivity contribution in [1.29, 1.82) is 0 Å². The number of ether oxygens (including phenoxy) is 1. The van der Waals surface area contributed by atoms with Crippen LogP contribution in [0.4, 0.5) is 14.5 Å². The Bertz CT molecular complexity index is 925. The smallest absolute Gasteiger partial charge is 0.387 e. The number of aryl methyl sites for hydroxylation is 1. The van der Waals surface area contributed by atoms with Crippen molar-refractivity contribution in [2.45, 2.75) is 18.7 Å². The van der Waals surface area contributed by atoms with Gasteiger partial charge in [-0.05, 0) is 37.3 Å². The quantitative estimate of drug-likeness (QED) is 0.615. The SMILES string of the molecule is Cc1occc1-c1nnc(SCC(=O)Nc2ccc(OC(F)F)cc2)n1C. The lowest BCUT2D eigenvalue weighted by Gasteiger charge is -2.07. The van der Waals surface area contributed by atoms with Crippen molar-refractivity contribution in [2.75, 3.05) is 11.1 Å². The minimum Gasteiger partial charge on any atom is -0.469 e. The van der Waals surface area contributed by atoms with E-state index in [9.17, 15) is 13.6 Å². The van der Waals surface area contributed by atoms with E-state index >= 15 is 0 Å². The van der Waals surface area contributed by atoms with Gasteiger partial charge in [-0.1, -0.05) is 11.8 Å². The van der Waals surface area contributed by atoms with E-state index in [1.165, 1.54) is 36.0 Å². The number of benzene rings is 1. The number of nitrogens with zero attached hydrogens (tertiary/aromatic N) is 3. The largest absolute Gasteiger partial charge is 0.469 e. The number of rotatable bonds is 7. The molecule has 7 nitrogen and oxygen atoms in total. The van der Waals surface area contributed by atoms with Gasteiger partial charge in [0, 0.05) is 12.7 Å². The van der Waals surface area contributed by atoms with Gasteiger partial charge in [-0.15, -0.1) is 10.2 Å². The molecule has 142 valence electrons. The van der Waals surface area contributed by atoms with Gasteiger partial charge in [0.2, 0.25) is 5.91 Å². The number of alkyl halides is 2. The number of nitrogens with one attached hydrogen (secondary N) is 1. The maximum absolute atomic E-state index is 12.1. The summed E-state index contributed by atoms with van der Waals surface area (Å²) in [7, 11) is 1.81. The van der Waals surface area contributed by atoms with Gasteiger partial charge in [-0.2, -0.15) is 8.78 Å². The van der Waals surface area contributed by atoms with Gasteiger partial charge in [0.05, 0.1) is 17.6 Å². The molecule has 3 aromatic rings. The lowest BCUT2D eigenvalue weighted by atomic mass is 10.2. The van der Waals surface area contributed by atoms with Crippen LogP contribution in [0.2, 0.25) is 0 Å². The normalized spacial score (nSPS) is 11.0. The van der Waals surface area contributed by atoms with E-state index in [-0.39, 0.29) is 17.4 Å². The molecule has 2 heterocycles. The Hall–Kier alpha value is -2.88. The van der Waals surface area contributed by atoms with Crippen molar-refractivity contribution in [3.05, 3.63) is 42.4 Å².